The molecule has 1 atom stereocenters. The number of esters is 2. The minimum atomic E-state index is -6.32. The SMILES string of the molecule is CC(COC(=O)c1ccc(I)cc1)COC(=O)C(O)(C(F)(F)F)C(F)(F)F. The van der Waals surface area contributed by atoms with Gasteiger partial charge >= 0.3 is 29.9 Å². The third kappa shape index (κ3) is 5.70. The molecule has 5 nitrogen and oxygen atoms in total. The highest BCUT2D eigenvalue weighted by Gasteiger charge is 2.76. The van der Waals surface area contributed by atoms with Crippen LogP contribution in [0.5, 0.6) is 0 Å². The lowest BCUT2D eigenvalue weighted by Crippen LogP contribution is -2.63. The first-order valence-electron chi connectivity index (χ1n) is 7.16. The van der Waals surface area contributed by atoms with E-state index in [0.717, 1.165) is 3.57 Å². The van der Waals surface area contributed by atoms with Crippen LogP contribution in [-0.2, 0) is 14.3 Å². The van der Waals surface area contributed by atoms with Crippen molar-refractivity contribution in [2.24, 2.45) is 5.92 Å². The molecule has 0 fully saturated rings. The van der Waals surface area contributed by atoms with E-state index in [0.29, 0.717) is 0 Å². The lowest BCUT2D eigenvalue weighted by molar-refractivity contribution is -0.357. The summed E-state index contributed by atoms with van der Waals surface area (Å²) in [6.07, 6.45) is -12.6. The van der Waals surface area contributed by atoms with Crippen LogP contribution in [0.4, 0.5) is 26.3 Å². The summed E-state index contributed by atoms with van der Waals surface area (Å²) in [5.41, 5.74) is -5.46. The highest BCUT2D eigenvalue weighted by atomic mass is 127. The van der Waals surface area contributed by atoms with Crippen LogP contribution in [0, 0.1) is 9.49 Å². The zero-order valence-electron chi connectivity index (χ0n) is 13.5. The number of halogens is 7. The maximum atomic E-state index is 12.5. The van der Waals surface area contributed by atoms with E-state index < -0.39 is 49.0 Å². The predicted molar refractivity (Wildman–Crippen MR) is 86.6 cm³/mol. The Hall–Kier alpha value is -1.57. The van der Waals surface area contributed by atoms with Crippen LogP contribution in [0.1, 0.15) is 17.3 Å². The van der Waals surface area contributed by atoms with Gasteiger partial charge in [-0.15, -0.1) is 0 Å². The lowest BCUT2D eigenvalue weighted by Gasteiger charge is -2.30. The van der Waals surface area contributed by atoms with E-state index in [1.54, 1.807) is 12.1 Å². The van der Waals surface area contributed by atoms with Crippen LogP contribution in [-0.4, -0.2) is 48.2 Å². The van der Waals surface area contributed by atoms with Gasteiger partial charge < -0.3 is 14.6 Å². The summed E-state index contributed by atoms with van der Waals surface area (Å²) in [4.78, 5) is 23.0. The molecule has 0 heterocycles. The first kappa shape index (κ1) is 23.5. The quantitative estimate of drug-likeness (QED) is 0.358. The Labute approximate surface area is 162 Å². The highest BCUT2D eigenvalue weighted by Crippen LogP contribution is 2.43. The van der Waals surface area contributed by atoms with Crippen molar-refractivity contribution in [1.29, 1.82) is 0 Å². The van der Waals surface area contributed by atoms with Crippen LogP contribution in [0.15, 0.2) is 24.3 Å². The molecule has 1 N–H and O–H groups in total. The number of aliphatic hydroxyl groups is 1. The van der Waals surface area contributed by atoms with Gasteiger partial charge in [-0.25, -0.2) is 9.59 Å². The van der Waals surface area contributed by atoms with Crippen molar-refractivity contribution in [2.45, 2.75) is 24.9 Å². The summed E-state index contributed by atoms with van der Waals surface area (Å²) in [5.74, 6) is -4.60. The van der Waals surface area contributed by atoms with Crippen LogP contribution in [0.2, 0.25) is 0 Å². The summed E-state index contributed by atoms with van der Waals surface area (Å²) < 4.78 is 84.7. The summed E-state index contributed by atoms with van der Waals surface area (Å²) in [6.45, 7) is -0.115. The Morgan fingerprint density at radius 1 is 1.00 bits per heavy atom. The molecular weight excluding hydrogens is 501 g/mol. The molecule has 0 aliphatic carbocycles. The second-order valence-electron chi connectivity index (χ2n) is 5.51. The van der Waals surface area contributed by atoms with Crippen molar-refractivity contribution >= 4 is 34.5 Å². The molecule has 0 amide bonds. The maximum absolute atomic E-state index is 12.5. The first-order chi connectivity index (χ1) is 12.2. The molecule has 1 unspecified atom stereocenters. The van der Waals surface area contributed by atoms with Gasteiger partial charge in [-0.2, -0.15) is 26.3 Å². The number of hydrogen-bond donors (Lipinski definition) is 1. The van der Waals surface area contributed by atoms with Gasteiger partial charge in [-0.05, 0) is 46.9 Å². The van der Waals surface area contributed by atoms with E-state index in [4.69, 9.17) is 9.84 Å². The molecule has 1 rings (SSSR count). The van der Waals surface area contributed by atoms with Gasteiger partial charge in [0.2, 0.25) is 0 Å². The van der Waals surface area contributed by atoms with E-state index in [1.807, 2.05) is 22.6 Å². The molecular formula is C15H13F6IO5. The topological polar surface area (TPSA) is 72.8 Å². The molecule has 1 aromatic rings. The van der Waals surface area contributed by atoms with Crippen molar-refractivity contribution in [1.82, 2.24) is 0 Å². The summed E-state index contributed by atoms with van der Waals surface area (Å²) in [7, 11) is 0. The second-order valence-corrected chi connectivity index (χ2v) is 6.76. The van der Waals surface area contributed by atoms with Gasteiger partial charge in [-0.1, -0.05) is 6.92 Å². The minimum Gasteiger partial charge on any atom is -0.463 e. The Kier molecular flexibility index (Phi) is 7.50. The molecule has 0 radical (unpaired) electrons. The second kappa shape index (κ2) is 8.63. The third-order valence-corrected chi connectivity index (χ3v) is 3.91. The molecule has 0 spiro atoms. The van der Waals surface area contributed by atoms with Crippen LogP contribution in [0.25, 0.3) is 0 Å². The Bertz CT molecular complexity index is 657. The Morgan fingerprint density at radius 2 is 1.44 bits per heavy atom. The number of hydrogen-bond acceptors (Lipinski definition) is 5. The average molecular weight is 514 g/mol. The number of benzene rings is 1. The van der Waals surface area contributed by atoms with Crippen LogP contribution < -0.4 is 0 Å². The van der Waals surface area contributed by atoms with E-state index >= 15 is 0 Å². The fourth-order valence-electron chi connectivity index (χ4n) is 1.65. The van der Waals surface area contributed by atoms with Gasteiger partial charge in [0.15, 0.2) is 0 Å². The third-order valence-electron chi connectivity index (χ3n) is 3.19. The summed E-state index contributed by atoms with van der Waals surface area (Å²) in [5, 5.41) is 8.84. The van der Waals surface area contributed by atoms with E-state index in [2.05, 4.69) is 4.74 Å². The van der Waals surface area contributed by atoms with Crippen molar-refractivity contribution in [3.05, 3.63) is 33.4 Å². The molecule has 152 valence electrons. The zero-order valence-corrected chi connectivity index (χ0v) is 15.7. The predicted octanol–water partition coefficient (Wildman–Crippen LogP) is 3.48. The molecule has 0 saturated heterocycles. The zero-order chi connectivity index (χ0) is 21.0. The molecule has 0 aliphatic heterocycles. The van der Waals surface area contributed by atoms with Crippen molar-refractivity contribution in [2.75, 3.05) is 13.2 Å². The largest absolute Gasteiger partial charge is 0.463 e. The number of carbonyl (C=O) groups is 2. The van der Waals surface area contributed by atoms with Crippen LogP contribution in [0.3, 0.4) is 0 Å². The molecule has 0 saturated carbocycles. The molecule has 27 heavy (non-hydrogen) atoms. The van der Waals surface area contributed by atoms with Gasteiger partial charge in [0.1, 0.15) is 0 Å². The molecule has 0 aliphatic rings. The Morgan fingerprint density at radius 3 is 1.89 bits per heavy atom. The van der Waals surface area contributed by atoms with E-state index in [-0.39, 0.29) is 5.56 Å². The normalized spacial score (nSPS) is 13.8. The van der Waals surface area contributed by atoms with Gasteiger partial charge in [-0.3, -0.25) is 0 Å². The average Bonchev–Trinajstić information content (AvgIpc) is 2.55. The molecule has 1 aromatic carbocycles. The van der Waals surface area contributed by atoms with Crippen LogP contribution >= 0.6 is 22.6 Å². The number of rotatable bonds is 6. The van der Waals surface area contributed by atoms with E-state index in [1.165, 1.54) is 19.1 Å². The van der Waals surface area contributed by atoms with Gasteiger partial charge in [0.05, 0.1) is 18.8 Å². The fourth-order valence-corrected chi connectivity index (χ4v) is 2.01. The van der Waals surface area contributed by atoms with Crippen molar-refractivity contribution in [3.63, 3.8) is 0 Å². The monoisotopic (exact) mass is 514 g/mol. The van der Waals surface area contributed by atoms with Gasteiger partial charge in [0.25, 0.3) is 0 Å². The minimum absolute atomic E-state index is 0.183. The standard InChI is InChI=1S/C15H13F6IO5/c1-8(6-26-11(23)9-2-4-10(22)5-3-9)7-27-12(24)13(25,14(16,17)18)15(19,20)21/h2-5,8,25H,6-7H2,1H3. The van der Waals surface area contributed by atoms with Crippen molar-refractivity contribution < 1.29 is 50.5 Å². The summed E-state index contributed by atoms with van der Waals surface area (Å²) in [6, 6.07) is 6.16. The lowest BCUT2D eigenvalue weighted by atomic mass is 10.0. The number of ether oxygens (including phenoxy) is 2. The van der Waals surface area contributed by atoms with Crippen molar-refractivity contribution in [3.8, 4) is 0 Å². The first-order valence-corrected chi connectivity index (χ1v) is 8.23. The highest BCUT2D eigenvalue weighted by molar-refractivity contribution is 14.1. The molecule has 0 aromatic heterocycles. The smallest absolute Gasteiger partial charge is 0.437 e. The molecule has 0 bridgehead atoms. The van der Waals surface area contributed by atoms with E-state index in [9.17, 15) is 35.9 Å². The fraction of sp³-hybridized carbons (Fsp3) is 0.467. The number of alkyl halides is 6. The molecule has 12 heteroatoms. The Balaban J connectivity index is 2.62. The number of carbonyl (C=O) groups excluding carboxylic acids is 2. The van der Waals surface area contributed by atoms with Gasteiger partial charge in [0, 0.05) is 9.49 Å². The summed E-state index contributed by atoms with van der Waals surface area (Å²) >= 11 is 2.01. The maximum Gasteiger partial charge on any atom is 0.437 e.